The van der Waals surface area contributed by atoms with Crippen LogP contribution in [0.4, 0.5) is 0 Å². The van der Waals surface area contributed by atoms with Crippen molar-refractivity contribution in [2.24, 2.45) is 11.7 Å². The maximum absolute atomic E-state index is 12.5. The number of likely N-dealkylation sites (tertiary alicyclic amines) is 1. The van der Waals surface area contributed by atoms with Gasteiger partial charge in [-0.15, -0.1) is 0 Å². The van der Waals surface area contributed by atoms with E-state index in [-0.39, 0.29) is 30.2 Å². The van der Waals surface area contributed by atoms with Crippen molar-refractivity contribution in [3.63, 3.8) is 0 Å². The van der Waals surface area contributed by atoms with E-state index in [1.807, 2.05) is 11.9 Å². The Morgan fingerprint density at radius 2 is 1.91 bits per heavy atom. The predicted octanol–water partition coefficient (Wildman–Crippen LogP) is -0.735. The third-order valence-electron chi connectivity index (χ3n) is 4.48. The second kappa shape index (κ2) is 7.58. The van der Waals surface area contributed by atoms with Crippen molar-refractivity contribution in [3.8, 4) is 0 Å². The summed E-state index contributed by atoms with van der Waals surface area (Å²) in [6, 6.07) is 0. The molecule has 0 aromatic heterocycles. The minimum atomic E-state index is -0.377. The number of hydrogen-bond acceptors (Lipinski definition) is 4. The molecule has 1 atom stereocenters. The smallest absolute Gasteiger partial charge is 0.242 e. The molecule has 0 aromatic carbocycles. The monoisotopic (exact) mass is 310 g/mol. The average Bonchev–Trinajstić information content (AvgIpc) is 2.78. The molecule has 2 aliphatic heterocycles. The van der Waals surface area contributed by atoms with Crippen molar-refractivity contribution >= 4 is 17.7 Å². The van der Waals surface area contributed by atoms with Crippen molar-refractivity contribution in [1.82, 2.24) is 14.7 Å². The molecule has 2 N–H and O–H groups in total. The predicted molar refractivity (Wildman–Crippen MR) is 81.8 cm³/mol. The van der Waals surface area contributed by atoms with Crippen LogP contribution >= 0.6 is 0 Å². The van der Waals surface area contributed by atoms with Gasteiger partial charge in [-0.1, -0.05) is 6.42 Å². The first-order chi connectivity index (χ1) is 10.5. The van der Waals surface area contributed by atoms with Gasteiger partial charge in [0.15, 0.2) is 0 Å². The lowest BCUT2D eigenvalue weighted by molar-refractivity contribution is -0.140. The Balaban J connectivity index is 1.97. The number of hydrogen-bond donors (Lipinski definition) is 1. The molecule has 124 valence electrons. The third-order valence-corrected chi connectivity index (χ3v) is 4.48. The topological polar surface area (TPSA) is 86.9 Å². The van der Waals surface area contributed by atoms with Gasteiger partial charge < -0.3 is 20.4 Å². The SMILES string of the molecule is CN1CCN(C(=O)CN2CCCCCC2=O)CC(C(N)=O)C1. The van der Waals surface area contributed by atoms with Gasteiger partial charge in [-0.3, -0.25) is 14.4 Å². The largest absolute Gasteiger partial charge is 0.369 e. The fourth-order valence-corrected chi connectivity index (χ4v) is 3.05. The van der Waals surface area contributed by atoms with Crippen LogP contribution in [0.15, 0.2) is 0 Å². The summed E-state index contributed by atoms with van der Waals surface area (Å²) in [6.45, 7) is 2.97. The molecule has 0 aromatic rings. The summed E-state index contributed by atoms with van der Waals surface area (Å²) in [7, 11) is 1.92. The van der Waals surface area contributed by atoms with Gasteiger partial charge >= 0.3 is 0 Å². The van der Waals surface area contributed by atoms with Gasteiger partial charge in [0.05, 0.1) is 12.5 Å². The standard InChI is InChI=1S/C15H26N4O3/c1-17-7-8-19(10-12(9-17)15(16)22)14(21)11-18-6-4-2-3-5-13(18)20/h12H,2-11H2,1H3,(H2,16,22). The molecule has 0 radical (unpaired) electrons. The summed E-state index contributed by atoms with van der Waals surface area (Å²) < 4.78 is 0. The Bertz CT molecular complexity index is 441. The van der Waals surface area contributed by atoms with Crippen LogP contribution in [0.2, 0.25) is 0 Å². The third kappa shape index (κ3) is 4.43. The molecule has 2 heterocycles. The van der Waals surface area contributed by atoms with Crippen molar-refractivity contribution < 1.29 is 14.4 Å². The van der Waals surface area contributed by atoms with Crippen LogP contribution in [0.1, 0.15) is 25.7 Å². The maximum Gasteiger partial charge on any atom is 0.242 e. The lowest BCUT2D eigenvalue weighted by Gasteiger charge is -2.27. The minimum Gasteiger partial charge on any atom is -0.369 e. The van der Waals surface area contributed by atoms with E-state index in [9.17, 15) is 14.4 Å². The average molecular weight is 310 g/mol. The van der Waals surface area contributed by atoms with E-state index in [2.05, 4.69) is 0 Å². The normalized spacial score (nSPS) is 24.8. The number of carbonyl (C=O) groups is 3. The van der Waals surface area contributed by atoms with Crippen molar-refractivity contribution in [1.29, 1.82) is 0 Å². The fraction of sp³-hybridized carbons (Fsp3) is 0.800. The minimum absolute atomic E-state index is 0.0595. The molecule has 0 spiro atoms. The number of primary amides is 1. The first-order valence-electron chi connectivity index (χ1n) is 8.01. The molecular weight excluding hydrogens is 284 g/mol. The second-order valence-corrected chi connectivity index (χ2v) is 6.33. The van der Waals surface area contributed by atoms with E-state index in [0.29, 0.717) is 39.1 Å². The zero-order valence-corrected chi connectivity index (χ0v) is 13.3. The van der Waals surface area contributed by atoms with Crippen molar-refractivity contribution in [3.05, 3.63) is 0 Å². The van der Waals surface area contributed by atoms with Gasteiger partial charge in [-0.05, 0) is 19.9 Å². The van der Waals surface area contributed by atoms with Gasteiger partial charge in [-0.25, -0.2) is 0 Å². The van der Waals surface area contributed by atoms with E-state index in [1.54, 1.807) is 9.80 Å². The maximum atomic E-state index is 12.5. The second-order valence-electron chi connectivity index (χ2n) is 6.33. The van der Waals surface area contributed by atoms with Gasteiger partial charge in [0.1, 0.15) is 0 Å². The van der Waals surface area contributed by atoms with Gasteiger partial charge in [0.25, 0.3) is 0 Å². The highest BCUT2D eigenvalue weighted by Gasteiger charge is 2.29. The van der Waals surface area contributed by atoms with E-state index >= 15 is 0 Å². The van der Waals surface area contributed by atoms with E-state index in [4.69, 9.17) is 5.73 Å². The number of nitrogens with zero attached hydrogens (tertiary/aromatic N) is 3. The van der Waals surface area contributed by atoms with Crippen molar-refractivity contribution in [2.75, 3.05) is 46.3 Å². The fourth-order valence-electron chi connectivity index (χ4n) is 3.05. The summed E-state index contributed by atoms with van der Waals surface area (Å²) in [6.07, 6.45) is 3.42. The van der Waals surface area contributed by atoms with Crippen LogP contribution in [-0.2, 0) is 14.4 Å². The molecule has 3 amide bonds. The number of likely N-dealkylation sites (N-methyl/N-ethyl adjacent to an activating group) is 1. The van der Waals surface area contributed by atoms with Crippen LogP contribution in [0, 0.1) is 5.92 Å². The summed E-state index contributed by atoms with van der Waals surface area (Å²) in [4.78, 5) is 41.4. The highest BCUT2D eigenvalue weighted by atomic mass is 16.2. The van der Waals surface area contributed by atoms with Crippen molar-refractivity contribution in [2.45, 2.75) is 25.7 Å². The Morgan fingerprint density at radius 1 is 1.14 bits per heavy atom. The zero-order valence-electron chi connectivity index (χ0n) is 13.3. The number of carbonyl (C=O) groups excluding carboxylic acids is 3. The zero-order chi connectivity index (χ0) is 16.1. The first kappa shape index (κ1) is 16.7. The summed E-state index contributed by atoms with van der Waals surface area (Å²) in [5, 5.41) is 0. The van der Waals surface area contributed by atoms with Gasteiger partial charge in [0, 0.05) is 39.1 Å². The molecule has 0 aliphatic carbocycles. The highest BCUT2D eigenvalue weighted by molar-refractivity contribution is 5.85. The molecule has 7 nitrogen and oxygen atoms in total. The Morgan fingerprint density at radius 3 is 2.64 bits per heavy atom. The number of nitrogens with two attached hydrogens (primary N) is 1. The quantitative estimate of drug-likeness (QED) is 0.744. The van der Waals surface area contributed by atoms with Crippen LogP contribution in [-0.4, -0.2) is 78.7 Å². The van der Waals surface area contributed by atoms with Gasteiger partial charge in [0.2, 0.25) is 17.7 Å². The summed E-state index contributed by atoms with van der Waals surface area (Å²) >= 11 is 0. The van der Waals surface area contributed by atoms with E-state index in [0.717, 1.165) is 19.3 Å². The van der Waals surface area contributed by atoms with E-state index in [1.165, 1.54) is 0 Å². The molecular formula is C15H26N4O3. The summed E-state index contributed by atoms with van der Waals surface area (Å²) in [5.74, 6) is -0.755. The molecule has 7 heteroatoms. The molecule has 0 saturated carbocycles. The Hall–Kier alpha value is -1.63. The number of rotatable bonds is 3. The van der Waals surface area contributed by atoms with Crippen LogP contribution in [0.25, 0.3) is 0 Å². The van der Waals surface area contributed by atoms with Crippen LogP contribution in [0.3, 0.4) is 0 Å². The lowest BCUT2D eigenvalue weighted by atomic mass is 10.1. The van der Waals surface area contributed by atoms with Crippen LogP contribution < -0.4 is 5.73 Å². The molecule has 0 bridgehead atoms. The molecule has 2 fully saturated rings. The summed E-state index contributed by atoms with van der Waals surface area (Å²) in [5.41, 5.74) is 5.42. The highest BCUT2D eigenvalue weighted by Crippen LogP contribution is 2.13. The van der Waals surface area contributed by atoms with Gasteiger partial charge in [-0.2, -0.15) is 0 Å². The molecule has 1 unspecified atom stereocenters. The Kier molecular flexibility index (Phi) is 5.76. The lowest BCUT2D eigenvalue weighted by Crippen LogP contribution is -2.46. The molecule has 22 heavy (non-hydrogen) atoms. The molecule has 2 aliphatic rings. The van der Waals surface area contributed by atoms with Crippen LogP contribution in [0.5, 0.6) is 0 Å². The molecule has 2 rings (SSSR count). The first-order valence-corrected chi connectivity index (χ1v) is 8.01. The Labute approximate surface area is 131 Å². The number of amides is 3. The molecule has 2 saturated heterocycles. The van der Waals surface area contributed by atoms with E-state index < -0.39 is 0 Å².